The largest absolute Gasteiger partial charge is 0.652 e. The van der Waals surface area contributed by atoms with E-state index in [0.29, 0.717) is 5.69 Å². The molecule has 0 radical (unpaired) electrons. The van der Waals surface area contributed by atoms with Crippen LogP contribution in [-0.4, -0.2) is 9.85 Å². The second-order valence-corrected chi connectivity index (χ2v) is 3.63. The minimum atomic E-state index is -0.686. The topological polar surface area (TPSA) is 100 Å². The second kappa shape index (κ2) is 5.13. The van der Waals surface area contributed by atoms with Gasteiger partial charge in [0.25, 0.3) is 11.4 Å². The summed E-state index contributed by atoms with van der Waals surface area (Å²) >= 11 is 0. The van der Waals surface area contributed by atoms with Crippen LogP contribution in [0.1, 0.15) is 0 Å². The van der Waals surface area contributed by atoms with Crippen LogP contribution in [0.25, 0.3) is 5.32 Å². The van der Waals surface area contributed by atoms with Gasteiger partial charge < -0.3 is 5.32 Å². The number of hydrogen-bond donors (Lipinski definition) is 0. The van der Waals surface area contributed by atoms with Gasteiger partial charge in [0, 0.05) is 6.07 Å². The average Bonchev–Trinajstić information content (AvgIpc) is 2.39. The molecule has 19 heavy (non-hydrogen) atoms. The Bertz CT molecular complexity index is 628. The number of nitro benzene ring substituents is 2. The molecule has 0 amide bonds. The zero-order valence-corrected chi connectivity index (χ0v) is 9.59. The maximum atomic E-state index is 10.9. The van der Waals surface area contributed by atoms with E-state index in [-0.39, 0.29) is 11.4 Å². The highest BCUT2D eigenvalue weighted by Gasteiger charge is 2.14. The molecule has 7 heteroatoms. The third-order valence-corrected chi connectivity index (χ3v) is 2.37. The zero-order valence-electron chi connectivity index (χ0n) is 9.59. The molecule has 0 N–H and O–H groups in total. The van der Waals surface area contributed by atoms with E-state index in [1.807, 2.05) is 0 Å². The highest BCUT2D eigenvalue weighted by atomic mass is 16.6. The van der Waals surface area contributed by atoms with Gasteiger partial charge >= 0.3 is 0 Å². The lowest BCUT2D eigenvalue weighted by Gasteiger charge is -2.21. The van der Waals surface area contributed by atoms with Crippen LogP contribution in [0.5, 0.6) is 0 Å². The molecule has 2 aromatic carbocycles. The van der Waals surface area contributed by atoms with Crippen molar-refractivity contribution < 1.29 is 9.85 Å². The van der Waals surface area contributed by atoms with Gasteiger partial charge in [-0.05, 0) is 0 Å². The predicted molar refractivity (Wildman–Crippen MR) is 68.9 cm³/mol. The summed E-state index contributed by atoms with van der Waals surface area (Å²) in [4.78, 5) is 20.1. The molecule has 0 aliphatic carbocycles. The molecule has 0 heterocycles. The number of nitro groups is 2. The lowest BCUT2D eigenvalue weighted by Crippen LogP contribution is -1.92. The molecule has 0 aliphatic rings. The van der Waals surface area contributed by atoms with Crippen LogP contribution < -0.4 is 0 Å². The SMILES string of the molecule is O=[N+]([O-])c1ccc([N-]c2ccccc2)c([N+](=O)[O-])c1. The fourth-order valence-electron chi connectivity index (χ4n) is 1.51. The lowest BCUT2D eigenvalue weighted by atomic mass is 10.2. The Morgan fingerprint density at radius 1 is 0.895 bits per heavy atom. The molecule has 2 rings (SSSR count). The second-order valence-electron chi connectivity index (χ2n) is 3.63. The van der Waals surface area contributed by atoms with E-state index in [1.54, 1.807) is 30.3 Å². The number of nitrogens with zero attached hydrogens (tertiary/aromatic N) is 3. The van der Waals surface area contributed by atoms with Gasteiger partial charge in [0.2, 0.25) is 0 Å². The standard InChI is InChI=1S/C12H8N3O4/c16-14(17)10-6-7-11(12(8-10)15(18)19)13-9-4-2-1-3-5-9/h1-8H/q-1. The Morgan fingerprint density at radius 3 is 2.16 bits per heavy atom. The number of benzene rings is 2. The summed E-state index contributed by atoms with van der Waals surface area (Å²) in [6, 6.07) is 12.0. The van der Waals surface area contributed by atoms with Crippen molar-refractivity contribution in [3.8, 4) is 0 Å². The molecule has 0 saturated heterocycles. The molecular weight excluding hydrogens is 250 g/mol. The fourth-order valence-corrected chi connectivity index (χ4v) is 1.51. The third-order valence-electron chi connectivity index (χ3n) is 2.37. The van der Waals surface area contributed by atoms with Crippen molar-refractivity contribution in [3.63, 3.8) is 0 Å². The number of rotatable bonds is 4. The van der Waals surface area contributed by atoms with E-state index in [1.165, 1.54) is 12.1 Å². The first kappa shape index (κ1) is 12.5. The molecule has 0 saturated carbocycles. The number of hydrogen-bond acceptors (Lipinski definition) is 4. The van der Waals surface area contributed by atoms with Crippen molar-refractivity contribution in [2.24, 2.45) is 0 Å². The molecule has 0 atom stereocenters. The minimum absolute atomic E-state index is 0.0850. The van der Waals surface area contributed by atoms with Crippen LogP contribution in [-0.2, 0) is 0 Å². The quantitative estimate of drug-likeness (QED) is 0.614. The van der Waals surface area contributed by atoms with E-state index in [4.69, 9.17) is 0 Å². The van der Waals surface area contributed by atoms with E-state index < -0.39 is 15.5 Å². The van der Waals surface area contributed by atoms with Crippen molar-refractivity contribution in [3.05, 3.63) is 74.1 Å². The van der Waals surface area contributed by atoms with Crippen molar-refractivity contribution in [2.45, 2.75) is 0 Å². The highest BCUT2D eigenvalue weighted by Crippen LogP contribution is 2.39. The average molecular weight is 258 g/mol. The first-order valence-corrected chi connectivity index (χ1v) is 5.27. The zero-order chi connectivity index (χ0) is 13.8. The van der Waals surface area contributed by atoms with Crippen LogP contribution in [0.15, 0.2) is 48.5 Å². The van der Waals surface area contributed by atoms with Gasteiger partial charge in [-0.25, -0.2) is 0 Å². The Hall–Kier alpha value is -2.96. The Labute approximate surface area is 107 Å². The van der Waals surface area contributed by atoms with Crippen LogP contribution in [0.3, 0.4) is 0 Å². The Kier molecular flexibility index (Phi) is 3.37. The van der Waals surface area contributed by atoms with Gasteiger partial charge in [-0.3, -0.25) is 20.2 Å². The Morgan fingerprint density at radius 2 is 1.58 bits per heavy atom. The highest BCUT2D eigenvalue weighted by molar-refractivity contribution is 5.76. The van der Waals surface area contributed by atoms with Crippen LogP contribution >= 0.6 is 0 Å². The van der Waals surface area contributed by atoms with Crippen molar-refractivity contribution in [1.82, 2.24) is 0 Å². The molecular formula is C12H8N3O4-. The van der Waals surface area contributed by atoms with Gasteiger partial charge in [0.15, 0.2) is 0 Å². The van der Waals surface area contributed by atoms with Crippen molar-refractivity contribution in [1.29, 1.82) is 0 Å². The molecule has 0 unspecified atom stereocenters. The normalized spacial score (nSPS) is 9.89. The van der Waals surface area contributed by atoms with Crippen LogP contribution in [0, 0.1) is 20.2 Å². The number of para-hydroxylation sites is 1. The predicted octanol–water partition coefficient (Wildman–Crippen LogP) is 3.84. The fraction of sp³-hybridized carbons (Fsp3) is 0. The van der Waals surface area contributed by atoms with Crippen molar-refractivity contribution in [2.75, 3.05) is 0 Å². The summed E-state index contributed by atoms with van der Waals surface area (Å²) in [6.45, 7) is 0. The smallest absolute Gasteiger partial charge is 0.276 e. The van der Waals surface area contributed by atoms with Gasteiger partial charge in [-0.15, -0.1) is 5.69 Å². The molecule has 0 fully saturated rings. The van der Waals surface area contributed by atoms with Gasteiger partial charge in [0.05, 0.1) is 15.9 Å². The van der Waals surface area contributed by atoms with E-state index in [2.05, 4.69) is 5.32 Å². The van der Waals surface area contributed by atoms with E-state index >= 15 is 0 Å². The summed E-state index contributed by atoms with van der Waals surface area (Å²) < 4.78 is 0. The molecule has 96 valence electrons. The molecule has 0 aromatic heterocycles. The first-order valence-electron chi connectivity index (χ1n) is 5.27. The summed E-state index contributed by atoms with van der Waals surface area (Å²) in [5.41, 5.74) is -0.0991. The summed E-state index contributed by atoms with van der Waals surface area (Å²) in [5, 5.41) is 25.6. The van der Waals surface area contributed by atoms with Crippen LogP contribution in [0.4, 0.5) is 22.7 Å². The lowest BCUT2D eigenvalue weighted by molar-refractivity contribution is -0.393. The molecule has 0 aliphatic heterocycles. The Balaban J connectivity index is 2.40. The van der Waals surface area contributed by atoms with Crippen LogP contribution in [0.2, 0.25) is 0 Å². The molecule has 2 aromatic rings. The molecule has 0 spiro atoms. The minimum Gasteiger partial charge on any atom is -0.652 e. The number of non-ortho nitro benzene ring substituents is 1. The van der Waals surface area contributed by atoms with E-state index in [9.17, 15) is 20.2 Å². The third kappa shape index (κ3) is 2.83. The summed E-state index contributed by atoms with van der Waals surface area (Å²) in [7, 11) is 0. The first-order chi connectivity index (χ1) is 9.08. The molecule has 7 nitrogen and oxygen atoms in total. The van der Waals surface area contributed by atoms with Gasteiger partial charge in [0.1, 0.15) is 0 Å². The maximum absolute atomic E-state index is 10.9. The maximum Gasteiger partial charge on any atom is 0.276 e. The summed E-state index contributed by atoms with van der Waals surface area (Å²) in [5.74, 6) is 0. The van der Waals surface area contributed by atoms with Gasteiger partial charge in [-0.2, -0.15) is 0 Å². The van der Waals surface area contributed by atoms with E-state index in [0.717, 1.165) is 6.07 Å². The summed E-state index contributed by atoms with van der Waals surface area (Å²) in [6.07, 6.45) is 0. The van der Waals surface area contributed by atoms with Gasteiger partial charge in [-0.1, -0.05) is 42.1 Å². The molecule has 0 bridgehead atoms. The van der Waals surface area contributed by atoms with Crippen molar-refractivity contribution >= 4 is 22.7 Å². The monoisotopic (exact) mass is 258 g/mol.